The Morgan fingerprint density at radius 3 is 2.12 bits per heavy atom. The van der Waals surface area contributed by atoms with Gasteiger partial charge in [0.05, 0.1) is 0 Å². The Labute approximate surface area is 231 Å². The number of unbranched alkanes of at least 4 members (excludes halogenated alkanes) is 3. The standard InChI is InChI=1S/C15H24O.C14H22O.CH4.Y/c1-12(2)15(16)11-10-14-7-5-4-6-13(3)8-9-14;1-5-13(4)10-8-6-7-9-11-14(15)12(2)3;;/h14H,1,3-11H2,2H3;7H,1-2,4-6,8-11H2,3H3;1H4;/q;-2;;. The van der Waals surface area contributed by atoms with E-state index in [2.05, 4.69) is 39.7 Å². The van der Waals surface area contributed by atoms with Gasteiger partial charge in [0, 0.05) is 39.1 Å². The summed E-state index contributed by atoms with van der Waals surface area (Å²) in [5, 5.41) is 0. The predicted molar refractivity (Wildman–Crippen MR) is 142 cm³/mol. The van der Waals surface area contributed by atoms with Gasteiger partial charge in [-0.2, -0.15) is 19.3 Å². The third-order valence-electron chi connectivity index (χ3n) is 5.90. The molecule has 187 valence electrons. The summed E-state index contributed by atoms with van der Waals surface area (Å²) in [6.45, 7) is 22.7. The maximum Gasteiger partial charge on any atom is 0.157 e. The van der Waals surface area contributed by atoms with Crippen LogP contribution in [0.5, 0.6) is 0 Å². The van der Waals surface area contributed by atoms with Crippen LogP contribution >= 0.6 is 0 Å². The molecule has 3 heteroatoms. The summed E-state index contributed by atoms with van der Waals surface area (Å²) in [5.41, 5.74) is 3.97. The molecule has 1 aliphatic carbocycles. The predicted octanol–water partition coefficient (Wildman–Crippen LogP) is 9.14. The Morgan fingerprint density at radius 2 is 1.55 bits per heavy atom. The summed E-state index contributed by atoms with van der Waals surface area (Å²) in [5.74, 6) is 1.13. The van der Waals surface area contributed by atoms with Crippen LogP contribution in [0.4, 0.5) is 0 Å². The number of ketones is 2. The fourth-order valence-corrected chi connectivity index (χ4v) is 3.54. The van der Waals surface area contributed by atoms with Crippen molar-refractivity contribution in [2.75, 3.05) is 0 Å². The van der Waals surface area contributed by atoms with Crippen LogP contribution in [0.3, 0.4) is 0 Å². The van der Waals surface area contributed by atoms with Crippen molar-refractivity contribution in [1.82, 2.24) is 0 Å². The van der Waals surface area contributed by atoms with Gasteiger partial charge in [-0.15, -0.1) is 12.2 Å². The Hall–Kier alpha value is -0.596. The van der Waals surface area contributed by atoms with E-state index in [-0.39, 0.29) is 51.7 Å². The van der Waals surface area contributed by atoms with E-state index < -0.39 is 0 Å². The van der Waals surface area contributed by atoms with Crippen LogP contribution in [-0.2, 0) is 42.3 Å². The van der Waals surface area contributed by atoms with Crippen molar-refractivity contribution in [3.05, 3.63) is 62.0 Å². The Kier molecular flexibility index (Phi) is 25.9. The van der Waals surface area contributed by atoms with E-state index in [9.17, 15) is 9.59 Å². The number of allylic oxidation sites excluding steroid dienone is 4. The fraction of sp³-hybridized carbons (Fsp3) is 0.600. The van der Waals surface area contributed by atoms with Gasteiger partial charge in [-0.3, -0.25) is 9.59 Å². The summed E-state index contributed by atoms with van der Waals surface area (Å²) in [6, 6.07) is 0. The fourth-order valence-electron chi connectivity index (χ4n) is 3.54. The van der Waals surface area contributed by atoms with Crippen molar-refractivity contribution < 1.29 is 42.3 Å². The molecule has 1 radical (unpaired) electrons. The van der Waals surface area contributed by atoms with Crippen molar-refractivity contribution in [2.24, 2.45) is 5.92 Å². The summed E-state index contributed by atoms with van der Waals surface area (Å²) >= 11 is 0. The van der Waals surface area contributed by atoms with Crippen LogP contribution in [0.1, 0.15) is 111 Å². The smallest absolute Gasteiger partial charge is 0.157 e. The van der Waals surface area contributed by atoms with Gasteiger partial charge in [-0.05, 0) is 75.9 Å². The summed E-state index contributed by atoms with van der Waals surface area (Å²) < 4.78 is 0. The van der Waals surface area contributed by atoms with Gasteiger partial charge >= 0.3 is 0 Å². The minimum atomic E-state index is 0. The van der Waals surface area contributed by atoms with E-state index in [1.54, 1.807) is 6.92 Å². The van der Waals surface area contributed by atoms with Gasteiger partial charge in [0.1, 0.15) is 0 Å². The normalized spacial score (nSPS) is 15.4. The summed E-state index contributed by atoms with van der Waals surface area (Å²) in [4.78, 5) is 22.7. The van der Waals surface area contributed by atoms with Crippen molar-refractivity contribution in [3.8, 4) is 0 Å². The second kappa shape index (κ2) is 23.2. The second-order valence-corrected chi connectivity index (χ2v) is 9.07. The van der Waals surface area contributed by atoms with Gasteiger partial charge in [0.15, 0.2) is 11.6 Å². The van der Waals surface area contributed by atoms with Gasteiger partial charge in [0.2, 0.25) is 0 Å². The molecule has 0 N–H and O–H groups in total. The minimum Gasteiger partial charge on any atom is -0.339 e. The summed E-state index contributed by atoms with van der Waals surface area (Å²) in [7, 11) is 0. The molecule has 0 aromatic heterocycles. The first kappa shape index (κ1) is 37.0. The van der Waals surface area contributed by atoms with Crippen LogP contribution in [0.25, 0.3) is 0 Å². The van der Waals surface area contributed by atoms with E-state index in [0.29, 0.717) is 24.0 Å². The van der Waals surface area contributed by atoms with E-state index in [1.807, 2.05) is 6.92 Å². The number of carbonyl (C=O) groups excluding carboxylic acids is 2. The molecule has 0 bridgehead atoms. The van der Waals surface area contributed by atoms with Crippen LogP contribution in [0, 0.1) is 19.3 Å². The van der Waals surface area contributed by atoms with Gasteiger partial charge in [-0.1, -0.05) is 52.0 Å². The molecule has 1 rings (SSSR count). The summed E-state index contributed by atoms with van der Waals surface area (Å²) in [6.07, 6.45) is 16.9. The van der Waals surface area contributed by atoms with Crippen LogP contribution < -0.4 is 0 Å². The van der Waals surface area contributed by atoms with Crippen LogP contribution in [-0.4, -0.2) is 11.6 Å². The van der Waals surface area contributed by atoms with Gasteiger partial charge < -0.3 is 13.3 Å². The molecule has 0 saturated heterocycles. The molecule has 0 heterocycles. The average molecular weight is 532 g/mol. The second-order valence-electron chi connectivity index (χ2n) is 9.07. The maximum absolute atomic E-state index is 11.5. The zero-order valence-corrected chi connectivity index (χ0v) is 23.8. The number of rotatable bonds is 13. The topological polar surface area (TPSA) is 34.1 Å². The quantitative estimate of drug-likeness (QED) is 0.103. The number of hydrogen-bond acceptors (Lipinski definition) is 2. The van der Waals surface area contributed by atoms with E-state index in [1.165, 1.54) is 43.3 Å². The monoisotopic (exact) mass is 531 g/mol. The number of hydrogen-bond donors (Lipinski definition) is 0. The molecule has 1 fully saturated rings. The molecule has 0 amide bonds. The molecule has 0 aliphatic heterocycles. The molecular weight excluding hydrogens is 481 g/mol. The molecule has 0 spiro atoms. The van der Waals surface area contributed by atoms with Crippen molar-refractivity contribution in [3.63, 3.8) is 0 Å². The molecule has 0 aromatic carbocycles. The molecule has 1 unspecified atom stereocenters. The molecule has 2 nitrogen and oxygen atoms in total. The molecule has 1 aliphatic rings. The third-order valence-corrected chi connectivity index (χ3v) is 5.90. The SMILES string of the molecule is C.C=C(C[CH2-])CCC[CH-]CCC(=O)C(=C)C.C=C1CCCCC(CCC(=O)C(=C)C)CC1.[Y]. The Bertz CT molecular complexity index is 615. The maximum atomic E-state index is 11.5. The third kappa shape index (κ3) is 21.7. The molecular formula is C30H50O2Y-2. The largest absolute Gasteiger partial charge is 0.339 e. The first-order chi connectivity index (χ1) is 14.7. The zero-order valence-electron chi connectivity index (χ0n) is 21.0. The van der Waals surface area contributed by atoms with Gasteiger partial charge in [-0.25, -0.2) is 0 Å². The average Bonchev–Trinajstić information content (AvgIpc) is 2.72. The number of carbonyl (C=O) groups is 2. The number of Topliss-reactive ketones (excluding diaryl/α,β-unsaturated/α-hetero) is 2. The molecule has 1 saturated carbocycles. The first-order valence-corrected chi connectivity index (χ1v) is 12.0. The van der Waals surface area contributed by atoms with Crippen LogP contribution in [0.15, 0.2) is 48.6 Å². The Balaban J connectivity index is -0.000000516. The van der Waals surface area contributed by atoms with E-state index in [0.717, 1.165) is 50.9 Å². The van der Waals surface area contributed by atoms with Gasteiger partial charge in [0.25, 0.3) is 0 Å². The van der Waals surface area contributed by atoms with Crippen LogP contribution in [0.2, 0.25) is 0 Å². The molecule has 1 atom stereocenters. The minimum absolute atomic E-state index is 0. The van der Waals surface area contributed by atoms with Crippen molar-refractivity contribution in [2.45, 2.75) is 111 Å². The van der Waals surface area contributed by atoms with E-state index in [4.69, 9.17) is 0 Å². The zero-order chi connectivity index (χ0) is 23.6. The molecule has 0 aromatic rings. The van der Waals surface area contributed by atoms with E-state index >= 15 is 0 Å². The van der Waals surface area contributed by atoms with Crippen molar-refractivity contribution in [1.29, 1.82) is 0 Å². The first-order valence-electron chi connectivity index (χ1n) is 12.0. The Morgan fingerprint density at radius 1 is 0.939 bits per heavy atom. The molecule has 33 heavy (non-hydrogen) atoms. The van der Waals surface area contributed by atoms with Crippen molar-refractivity contribution >= 4 is 11.6 Å².